The summed E-state index contributed by atoms with van der Waals surface area (Å²) in [6.45, 7) is 0. The molecule has 0 saturated carbocycles. The molecule has 0 bridgehead atoms. The second-order valence-electron chi connectivity index (χ2n) is 8.20. The largest absolute Gasteiger partial charge is 0.383 e. The van der Waals surface area contributed by atoms with Crippen molar-refractivity contribution in [1.29, 1.82) is 0 Å². The van der Waals surface area contributed by atoms with Crippen LogP contribution in [0, 0.1) is 5.82 Å². The normalized spacial score (nSPS) is 14.4. The molecule has 0 N–H and O–H groups in total. The Bertz CT molecular complexity index is 1500. The van der Waals surface area contributed by atoms with Gasteiger partial charge in [0.1, 0.15) is 10.7 Å². The SMILES string of the molecule is O=S(=O)(O/N=C(/c1ccc2c(c1)Cc1ccccc1-2)C(F)(F)C(F)(F)C(F)(F)C(F)F)c1ccc(F)cc1. The predicted octanol–water partition coefficient (Wildman–Crippen LogP) is 6.68. The van der Waals surface area contributed by atoms with Gasteiger partial charge >= 0.3 is 34.3 Å². The number of fused-ring (bicyclic) bond motifs is 3. The highest BCUT2D eigenvalue weighted by Crippen LogP contribution is 2.50. The van der Waals surface area contributed by atoms with Crippen molar-refractivity contribution < 1.29 is 52.2 Å². The van der Waals surface area contributed by atoms with Gasteiger partial charge in [0.2, 0.25) is 0 Å². The zero-order valence-corrected chi connectivity index (χ0v) is 19.4. The molecule has 0 aromatic heterocycles. The van der Waals surface area contributed by atoms with Crippen LogP contribution >= 0.6 is 0 Å². The van der Waals surface area contributed by atoms with Gasteiger partial charge in [-0.15, -0.1) is 0 Å². The van der Waals surface area contributed by atoms with Crippen LogP contribution in [-0.4, -0.2) is 38.3 Å². The molecule has 0 aliphatic heterocycles. The highest BCUT2D eigenvalue weighted by Gasteiger charge is 2.77. The van der Waals surface area contributed by atoms with Crippen molar-refractivity contribution in [3.8, 4) is 11.1 Å². The average molecular weight is 567 g/mol. The van der Waals surface area contributed by atoms with Gasteiger partial charge in [0, 0.05) is 5.56 Å². The van der Waals surface area contributed by atoms with Crippen LogP contribution in [0.15, 0.2) is 76.8 Å². The number of benzene rings is 3. The van der Waals surface area contributed by atoms with Crippen LogP contribution in [0.3, 0.4) is 0 Å². The average Bonchev–Trinajstić information content (AvgIpc) is 3.21. The maximum absolute atomic E-state index is 15.0. The molecule has 3 aromatic rings. The smallest absolute Gasteiger partial charge is 0.264 e. The zero-order chi connectivity index (χ0) is 28.1. The van der Waals surface area contributed by atoms with Crippen LogP contribution in [0.25, 0.3) is 11.1 Å². The summed E-state index contributed by atoms with van der Waals surface area (Å²) in [5.74, 6) is -20.3. The van der Waals surface area contributed by atoms with Crippen LogP contribution in [0.4, 0.5) is 39.5 Å². The second-order valence-corrected chi connectivity index (χ2v) is 9.73. The van der Waals surface area contributed by atoms with Crippen LogP contribution in [0.1, 0.15) is 16.7 Å². The minimum Gasteiger partial charge on any atom is -0.264 e. The van der Waals surface area contributed by atoms with Crippen LogP contribution in [0.5, 0.6) is 0 Å². The van der Waals surface area contributed by atoms with E-state index in [2.05, 4.69) is 9.44 Å². The molecule has 202 valence electrons. The quantitative estimate of drug-likeness (QED) is 0.136. The Kier molecular flexibility index (Phi) is 6.75. The molecule has 0 fully saturated rings. The molecule has 0 saturated heterocycles. The number of hydrogen-bond donors (Lipinski definition) is 0. The van der Waals surface area contributed by atoms with Gasteiger partial charge in [-0.25, -0.2) is 13.2 Å². The third-order valence-electron chi connectivity index (χ3n) is 5.78. The van der Waals surface area contributed by atoms with Crippen LogP contribution in [0.2, 0.25) is 0 Å². The molecule has 0 spiro atoms. The van der Waals surface area contributed by atoms with E-state index in [-0.39, 0.29) is 12.0 Å². The third-order valence-corrected chi connectivity index (χ3v) is 6.90. The molecule has 3 aromatic carbocycles. The van der Waals surface area contributed by atoms with Gasteiger partial charge in [0.15, 0.2) is 5.71 Å². The molecule has 14 heteroatoms. The van der Waals surface area contributed by atoms with Crippen molar-refractivity contribution in [2.45, 2.75) is 35.5 Å². The maximum atomic E-state index is 15.0. The summed E-state index contributed by atoms with van der Waals surface area (Å²) < 4.78 is 153. The van der Waals surface area contributed by atoms with Crippen molar-refractivity contribution in [2.24, 2.45) is 5.16 Å². The van der Waals surface area contributed by atoms with Gasteiger partial charge < -0.3 is 0 Å². The summed E-state index contributed by atoms with van der Waals surface area (Å²) >= 11 is 0. The molecule has 0 amide bonds. The zero-order valence-electron chi connectivity index (χ0n) is 18.6. The fourth-order valence-corrected chi connectivity index (χ4v) is 4.54. The number of alkyl halides is 8. The van der Waals surface area contributed by atoms with Crippen molar-refractivity contribution >= 4 is 15.8 Å². The number of nitrogens with zero attached hydrogens (tertiary/aromatic N) is 1. The summed E-state index contributed by atoms with van der Waals surface area (Å²) in [7, 11) is -5.16. The van der Waals surface area contributed by atoms with Crippen molar-refractivity contribution in [2.75, 3.05) is 0 Å². The Labute approximate surface area is 209 Å². The summed E-state index contributed by atoms with van der Waals surface area (Å²) in [6, 6.07) is 12.1. The molecular formula is C24H14F9NO3S. The predicted molar refractivity (Wildman–Crippen MR) is 117 cm³/mol. The van der Waals surface area contributed by atoms with Gasteiger partial charge in [-0.1, -0.05) is 41.6 Å². The van der Waals surface area contributed by atoms with E-state index in [4.69, 9.17) is 0 Å². The Hall–Kier alpha value is -3.55. The van der Waals surface area contributed by atoms with Gasteiger partial charge in [-0.2, -0.15) is 34.8 Å². The van der Waals surface area contributed by atoms with E-state index >= 15 is 8.78 Å². The standard InChI is InChI=1S/C24H14F9NO3S/c25-16-6-8-17(9-7-16)38(35,36)37-34-20(22(28,29)24(32,33)23(30,31)21(26)27)14-5-10-19-15(12-14)11-13-3-1-2-4-18(13)19/h1-10,12,21H,11H2/b34-20-. The van der Waals surface area contributed by atoms with E-state index in [1.165, 1.54) is 6.07 Å². The molecule has 4 nitrogen and oxygen atoms in total. The van der Waals surface area contributed by atoms with Crippen LogP contribution < -0.4 is 0 Å². The lowest BCUT2D eigenvalue weighted by Gasteiger charge is -2.32. The van der Waals surface area contributed by atoms with Crippen molar-refractivity contribution in [3.05, 3.63) is 89.2 Å². The molecule has 0 heterocycles. The Morgan fingerprint density at radius 1 is 0.842 bits per heavy atom. The summed E-state index contributed by atoms with van der Waals surface area (Å²) in [4.78, 5) is -0.848. The number of halogens is 9. The molecule has 4 rings (SSSR count). The summed E-state index contributed by atoms with van der Waals surface area (Å²) in [5, 5.41) is 2.58. The lowest BCUT2D eigenvalue weighted by molar-refractivity contribution is -0.319. The van der Waals surface area contributed by atoms with E-state index in [1.54, 1.807) is 24.3 Å². The van der Waals surface area contributed by atoms with E-state index < -0.39 is 56.3 Å². The molecule has 38 heavy (non-hydrogen) atoms. The second kappa shape index (κ2) is 9.33. The first-order chi connectivity index (χ1) is 17.6. The first kappa shape index (κ1) is 27.5. The molecule has 0 radical (unpaired) electrons. The number of oxime groups is 1. The molecule has 1 aliphatic rings. The number of hydrogen-bond acceptors (Lipinski definition) is 4. The monoisotopic (exact) mass is 567 g/mol. The van der Waals surface area contributed by atoms with E-state index in [0.717, 1.165) is 17.7 Å². The molecule has 0 atom stereocenters. The minimum absolute atomic E-state index is 0.108. The first-order valence-electron chi connectivity index (χ1n) is 10.5. The fraction of sp³-hybridized carbons (Fsp3) is 0.208. The van der Waals surface area contributed by atoms with Crippen LogP contribution in [-0.2, 0) is 20.8 Å². The third kappa shape index (κ3) is 4.50. The first-order valence-corrected chi connectivity index (χ1v) is 11.9. The molecular weight excluding hydrogens is 553 g/mol. The Morgan fingerprint density at radius 2 is 1.45 bits per heavy atom. The fourth-order valence-electron chi connectivity index (χ4n) is 3.81. The highest BCUT2D eigenvalue weighted by molar-refractivity contribution is 7.86. The molecule has 0 unspecified atom stereocenters. The lowest BCUT2D eigenvalue weighted by atomic mass is 9.93. The summed E-state index contributed by atoms with van der Waals surface area (Å²) in [6.07, 6.45) is -5.10. The Balaban J connectivity index is 1.84. The van der Waals surface area contributed by atoms with Crippen molar-refractivity contribution in [1.82, 2.24) is 0 Å². The lowest BCUT2D eigenvalue weighted by Crippen LogP contribution is -2.60. The number of rotatable bonds is 8. The maximum Gasteiger partial charge on any atom is 0.383 e. The highest BCUT2D eigenvalue weighted by atomic mass is 32.2. The van der Waals surface area contributed by atoms with E-state index in [1.807, 2.05) is 0 Å². The topological polar surface area (TPSA) is 55.7 Å². The molecule has 1 aliphatic carbocycles. The van der Waals surface area contributed by atoms with Gasteiger partial charge in [-0.05, 0) is 59.0 Å². The van der Waals surface area contributed by atoms with Crippen molar-refractivity contribution in [3.63, 3.8) is 0 Å². The van der Waals surface area contributed by atoms with E-state index in [0.29, 0.717) is 35.4 Å². The van der Waals surface area contributed by atoms with Gasteiger partial charge in [0.05, 0.1) is 0 Å². The minimum atomic E-state index is -6.74. The van der Waals surface area contributed by atoms with E-state index in [9.17, 15) is 39.2 Å². The van der Waals surface area contributed by atoms with Gasteiger partial charge in [-0.3, -0.25) is 4.28 Å². The van der Waals surface area contributed by atoms with Gasteiger partial charge in [0.25, 0.3) is 0 Å². The Morgan fingerprint density at radius 3 is 2.08 bits per heavy atom. The summed E-state index contributed by atoms with van der Waals surface area (Å²) in [5.41, 5.74) is -1.19.